The van der Waals surface area contributed by atoms with Gasteiger partial charge < -0.3 is 20.1 Å². The number of alkyl halides is 2. The number of carbonyl (C=O) groups excluding carboxylic acids is 3. The van der Waals surface area contributed by atoms with Crippen molar-refractivity contribution < 1.29 is 33.0 Å². The molecule has 2 N–H and O–H groups in total. The lowest BCUT2D eigenvalue weighted by Crippen LogP contribution is -2.53. The summed E-state index contributed by atoms with van der Waals surface area (Å²) < 4.78 is 32.6. The van der Waals surface area contributed by atoms with Crippen LogP contribution in [0.2, 0.25) is 0 Å². The Balaban J connectivity index is 1.97. The summed E-state index contributed by atoms with van der Waals surface area (Å²) in [6.45, 7) is 8.85. The highest BCUT2D eigenvalue weighted by Crippen LogP contribution is 2.45. The Kier molecular flexibility index (Phi) is 8.34. The van der Waals surface area contributed by atoms with E-state index in [1.807, 2.05) is 0 Å². The Morgan fingerprint density at radius 2 is 2.03 bits per heavy atom. The number of aliphatic hydroxyl groups excluding tert-OH is 1. The number of likely N-dealkylation sites (tertiary alicyclic amines) is 1. The molecule has 1 aliphatic heterocycles. The SMILES string of the molecule is C=CCCC(F)(F)CCCC(=O)N1C[C@H](O)C[C@H]1C(=O)N[C@]1(C(=O)OCC)C[C@H]1C=C. The Morgan fingerprint density at radius 1 is 1.32 bits per heavy atom. The zero-order chi connectivity index (χ0) is 23.2. The van der Waals surface area contributed by atoms with Gasteiger partial charge in [-0.1, -0.05) is 12.2 Å². The van der Waals surface area contributed by atoms with Gasteiger partial charge in [0.25, 0.3) is 0 Å². The third-order valence-corrected chi connectivity index (χ3v) is 5.83. The lowest BCUT2D eigenvalue weighted by molar-refractivity contribution is -0.150. The molecular weight excluding hydrogens is 410 g/mol. The molecule has 4 atom stereocenters. The van der Waals surface area contributed by atoms with E-state index >= 15 is 0 Å². The summed E-state index contributed by atoms with van der Waals surface area (Å²) in [6.07, 6.45) is 1.70. The van der Waals surface area contributed by atoms with E-state index in [1.165, 1.54) is 11.0 Å². The van der Waals surface area contributed by atoms with Crippen molar-refractivity contribution in [3.63, 3.8) is 0 Å². The van der Waals surface area contributed by atoms with Crippen LogP contribution in [0.4, 0.5) is 8.78 Å². The van der Waals surface area contributed by atoms with Crippen molar-refractivity contribution in [3.05, 3.63) is 25.3 Å². The second kappa shape index (κ2) is 10.3. The van der Waals surface area contributed by atoms with E-state index < -0.39 is 47.8 Å². The first-order chi connectivity index (χ1) is 14.6. The van der Waals surface area contributed by atoms with Gasteiger partial charge in [0.2, 0.25) is 17.7 Å². The maximum absolute atomic E-state index is 13.8. The molecule has 0 radical (unpaired) electrons. The molecule has 0 aromatic carbocycles. The van der Waals surface area contributed by atoms with Crippen molar-refractivity contribution >= 4 is 17.8 Å². The van der Waals surface area contributed by atoms with Gasteiger partial charge >= 0.3 is 5.97 Å². The van der Waals surface area contributed by atoms with Gasteiger partial charge in [0.05, 0.1) is 12.7 Å². The monoisotopic (exact) mass is 442 g/mol. The predicted molar refractivity (Wildman–Crippen MR) is 110 cm³/mol. The average molecular weight is 443 g/mol. The third-order valence-electron chi connectivity index (χ3n) is 5.83. The van der Waals surface area contributed by atoms with E-state index in [1.54, 1.807) is 13.0 Å². The first kappa shape index (κ1) is 25.0. The third kappa shape index (κ3) is 6.12. The van der Waals surface area contributed by atoms with Crippen LogP contribution in [-0.2, 0) is 19.1 Å². The Bertz CT molecular complexity index is 714. The molecular formula is C22H32F2N2O5. The number of amides is 2. The molecule has 1 aliphatic carbocycles. The van der Waals surface area contributed by atoms with Gasteiger partial charge in [-0.3, -0.25) is 9.59 Å². The standard InChI is InChI=1S/C22H32F2N2O5/c1-4-7-10-21(23,24)11-8-9-18(28)26-14-16(27)12-17(26)19(29)25-22(13-15(22)5-2)20(30)31-6-3/h4-5,15-17,27H,1-2,6-14H2,3H3,(H,25,29)/t15-,16-,17+,22-/m1/s1. The first-order valence-corrected chi connectivity index (χ1v) is 10.7. The highest BCUT2D eigenvalue weighted by atomic mass is 19.3. The van der Waals surface area contributed by atoms with Crippen LogP contribution in [-0.4, -0.2) is 64.5 Å². The summed E-state index contributed by atoms with van der Waals surface area (Å²) in [7, 11) is 0. The van der Waals surface area contributed by atoms with E-state index in [0.717, 1.165) is 0 Å². The number of rotatable bonds is 12. The molecule has 1 saturated carbocycles. The average Bonchev–Trinajstić information content (AvgIpc) is 3.29. The van der Waals surface area contributed by atoms with Crippen molar-refractivity contribution in [1.29, 1.82) is 0 Å². The zero-order valence-electron chi connectivity index (χ0n) is 17.9. The molecule has 0 aromatic heterocycles. The summed E-state index contributed by atoms with van der Waals surface area (Å²) in [5.74, 6) is -4.76. The van der Waals surface area contributed by atoms with Gasteiger partial charge in [-0.2, -0.15) is 0 Å². The van der Waals surface area contributed by atoms with Gasteiger partial charge in [0, 0.05) is 38.1 Å². The maximum Gasteiger partial charge on any atom is 0.332 e. The molecule has 9 heteroatoms. The van der Waals surface area contributed by atoms with Crippen LogP contribution in [0.15, 0.2) is 25.3 Å². The number of hydrogen-bond donors (Lipinski definition) is 2. The molecule has 1 heterocycles. The molecule has 174 valence electrons. The number of allylic oxidation sites excluding steroid dienone is 1. The second-order valence-electron chi connectivity index (χ2n) is 8.22. The molecule has 1 saturated heterocycles. The minimum atomic E-state index is -2.88. The molecule has 2 aliphatic rings. The number of esters is 1. The Labute approximate surface area is 181 Å². The fourth-order valence-corrected chi connectivity index (χ4v) is 3.98. The molecule has 2 fully saturated rings. The minimum absolute atomic E-state index is 0.0186. The smallest absolute Gasteiger partial charge is 0.332 e. The highest BCUT2D eigenvalue weighted by Gasteiger charge is 2.61. The molecule has 0 bridgehead atoms. The molecule has 7 nitrogen and oxygen atoms in total. The zero-order valence-corrected chi connectivity index (χ0v) is 17.9. The summed E-state index contributed by atoms with van der Waals surface area (Å²) in [5.41, 5.74) is -1.20. The van der Waals surface area contributed by atoms with E-state index in [9.17, 15) is 28.3 Å². The topological polar surface area (TPSA) is 95.9 Å². The normalized spacial score (nSPS) is 27.5. The predicted octanol–water partition coefficient (Wildman–Crippen LogP) is 2.34. The number of ether oxygens (including phenoxy) is 1. The summed E-state index contributed by atoms with van der Waals surface area (Å²) in [6, 6.07) is -0.971. The van der Waals surface area contributed by atoms with Crippen LogP contribution in [0.3, 0.4) is 0 Å². The fourth-order valence-electron chi connectivity index (χ4n) is 3.98. The van der Waals surface area contributed by atoms with Crippen LogP contribution in [0.1, 0.15) is 51.9 Å². The van der Waals surface area contributed by atoms with E-state index in [0.29, 0.717) is 6.42 Å². The fraction of sp³-hybridized carbons (Fsp3) is 0.682. The van der Waals surface area contributed by atoms with Crippen LogP contribution in [0.5, 0.6) is 0 Å². The quantitative estimate of drug-likeness (QED) is 0.357. The van der Waals surface area contributed by atoms with E-state index in [2.05, 4.69) is 18.5 Å². The summed E-state index contributed by atoms with van der Waals surface area (Å²) in [5, 5.41) is 12.7. The molecule has 2 amide bonds. The van der Waals surface area contributed by atoms with E-state index in [4.69, 9.17) is 4.74 Å². The number of nitrogens with one attached hydrogen (secondary N) is 1. The molecule has 31 heavy (non-hydrogen) atoms. The van der Waals surface area contributed by atoms with Crippen molar-refractivity contribution in [1.82, 2.24) is 10.2 Å². The van der Waals surface area contributed by atoms with Gasteiger partial charge in [-0.25, -0.2) is 13.6 Å². The van der Waals surface area contributed by atoms with Crippen LogP contribution in [0.25, 0.3) is 0 Å². The Morgan fingerprint density at radius 3 is 2.61 bits per heavy atom. The number of halogens is 2. The summed E-state index contributed by atoms with van der Waals surface area (Å²) >= 11 is 0. The highest BCUT2D eigenvalue weighted by molar-refractivity contribution is 5.95. The summed E-state index contributed by atoms with van der Waals surface area (Å²) in [4.78, 5) is 39.1. The van der Waals surface area contributed by atoms with Gasteiger partial charge in [-0.05, 0) is 26.2 Å². The molecule has 2 rings (SSSR count). The van der Waals surface area contributed by atoms with Crippen molar-refractivity contribution in [2.75, 3.05) is 13.2 Å². The number of hydrogen-bond acceptors (Lipinski definition) is 5. The van der Waals surface area contributed by atoms with Crippen LogP contribution in [0, 0.1) is 5.92 Å². The molecule has 0 aromatic rings. The van der Waals surface area contributed by atoms with Crippen LogP contribution >= 0.6 is 0 Å². The van der Waals surface area contributed by atoms with Gasteiger partial charge in [0.1, 0.15) is 11.6 Å². The van der Waals surface area contributed by atoms with Crippen LogP contribution < -0.4 is 5.32 Å². The number of carbonyl (C=O) groups is 3. The minimum Gasteiger partial charge on any atom is -0.464 e. The molecule has 0 unspecified atom stereocenters. The lowest BCUT2D eigenvalue weighted by Gasteiger charge is -2.26. The second-order valence-corrected chi connectivity index (χ2v) is 8.22. The number of aliphatic hydroxyl groups is 1. The van der Waals surface area contributed by atoms with E-state index in [-0.39, 0.29) is 51.2 Å². The maximum atomic E-state index is 13.8. The first-order valence-electron chi connectivity index (χ1n) is 10.7. The van der Waals surface area contributed by atoms with Gasteiger partial charge in [-0.15, -0.1) is 13.2 Å². The lowest BCUT2D eigenvalue weighted by atomic mass is 10.1. The molecule has 0 spiro atoms. The van der Waals surface area contributed by atoms with Crippen molar-refractivity contribution in [2.45, 2.75) is 75.5 Å². The van der Waals surface area contributed by atoms with Gasteiger partial charge in [0.15, 0.2) is 0 Å². The number of β-amino-alcohol motifs (C(OH)–C–C–N with tert-alkyl or cyclic N) is 1. The van der Waals surface area contributed by atoms with Crippen molar-refractivity contribution in [3.8, 4) is 0 Å². The Hall–Kier alpha value is -2.29. The van der Waals surface area contributed by atoms with Crippen molar-refractivity contribution in [2.24, 2.45) is 5.92 Å². The largest absolute Gasteiger partial charge is 0.464 e. The number of nitrogens with zero attached hydrogens (tertiary/aromatic N) is 1.